The van der Waals surface area contributed by atoms with Crippen molar-refractivity contribution < 1.29 is 9.59 Å². The van der Waals surface area contributed by atoms with Crippen molar-refractivity contribution in [2.45, 2.75) is 13.3 Å². The highest BCUT2D eigenvalue weighted by atomic mass is 32.1. The van der Waals surface area contributed by atoms with E-state index in [1.807, 2.05) is 79.0 Å². The maximum atomic E-state index is 13.0. The SMILES string of the molecule is Cc1cc(NC(=O)[C@H]2CC(=O)N(c3ccccc3)C2)n(-c2nc(-c3ccccc3)cs2)n1. The first-order valence-electron chi connectivity index (χ1n) is 10.3. The molecule has 3 heterocycles. The van der Waals surface area contributed by atoms with Gasteiger partial charge in [-0.05, 0) is 19.1 Å². The van der Waals surface area contributed by atoms with Crippen LogP contribution in [0.3, 0.4) is 0 Å². The second-order valence-electron chi connectivity index (χ2n) is 7.69. The summed E-state index contributed by atoms with van der Waals surface area (Å²) in [5.74, 6) is -0.124. The standard InChI is InChI=1S/C24H21N5O2S/c1-16-12-21(29(27-16)24-25-20(15-32-24)17-8-4-2-5-9-17)26-23(31)18-13-22(30)28(14-18)19-10-6-3-7-11-19/h2-12,15,18H,13-14H2,1H3,(H,26,31)/t18-/m0/s1. The molecule has 1 aliphatic heterocycles. The van der Waals surface area contributed by atoms with Crippen molar-refractivity contribution in [1.29, 1.82) is 0 Å². The number of hydrogen-bond acceptors (Lipinski definition) is 5. The van der Waals surface area contributed by atoms with Crippen LogP contribution < -0.4 is 10.2 Å². The van der Waals surface area contributed by atoms with Gasteiger partial charge in [-0.1, -0.05) is 48.5 Å². The van der Waals surface area contributed by atoms with Gasteiger partial charge in [-0.25, -0.2) is 4.98 Å². The van der Waals surface area contributed by atoms with Crippen molar-refractivity contribution in [1.82, 2.24) is 14.8 Å². The molecule has 1 fully saturated rings. The van der Waals surface area contributed by atoms with Gasteiger partial charge >= 0.3 is 0 Å². The van der Waals surface area contributed by atoms with Crippen molar-refractivity contribution in [2.75, 3.05) is 16.8 Å². The Balaban J connectivity index is 1.34. The first kappa shape index (κ1) is 20.1. The first-order valence-corrected chi connectivity index (χ1v) is 11.2. The molecule has 0 aliphatic carbocycles. The lowest BCUT2D eigenvalue weighted by molar-refractivity contribution is -0.122. The number of nitrogens with zero attached hydrogens (tertiary/aromatic N) is 4. The van der Waals surface area contributed by atoms with Gasteiger partial charge in [0.15, 0.2) is 0 Å². The minimum absolute atomic E-state index is 0.0477. The second-order valence-corrected chi connectivity index (χ2v) is 8.53. The third kappa shape index (κ3) is 3.92. The third-order valence-corrected chi connectivity index (χ3v) is 6.21. The molecule has 0 radical (unpaired) electrons. The molecule has 0 unspecified atom stereocenters. The number of carbonyl (C=O) groups is 2. The Morgan fingerprint density at radius 3 is 2.56 bits per heavy atom. The number of benzene rings is 2. The van der Waals surface area contributed by atoms with Crippen LogP contribution in [0.25, 0.3) is 16.4 Å². The lowest BCUT2D eigenvalue weighted by Gasteiger charge is -2.16. The normalized spacial score (nSPS) is 15.8. The molecule has 2 amide bonds. The summed E-state index contributed by atoms with van der Waals surface area (Å²) in [5, 5.41) is 10.1. The topological polar surface area (TPSA) is 80.1 Å². The molecule has 0 spiro atoms. The lowest BCUT2D eigenvalue weighted by Crippen LogP contribution is -2.28. The monoisotopic (exact) mass is 443 g/mol. The third-order valence-electron chi connectivity index (χ3n) is 5.39. The predicted octanol–water partition coefficient (Wildman–Crippen LogP) is 4.30. The molecule has 1 saturated heterocycles. The van der Waals surface area contributed by atoms with Gasteiger partial charge in [0.2, 0.25) is 16.9 Å². The van der Waals surface area contributed by atoms with Gasteiger partial charge in [0.05, 0.1) is 17.3 Å². The largest absolute Gasteiger partial charge is 0.312 e. The number of aryl methyl sites for hydroxylation is 1. The van der Waals surface area contributed by atoms with Crippen LogP contribution in [0.1, 0.15) is 12.1 Å². The van der Waals surface area contributed by atoms with Crippen molar-refractivity contribution in [2.24, 2.45) is 5.92 Å². The first-order chi connectivity index (χ1) is 15.6. The van der Waals surface area contributed by atoms with Crippen LogP contribution in [-0.4, -0.2) is 33.1 Å². The van der Waals surface area contributed by atoms with E-state index in [0.717, 1.165) is 22.6 Å². The Bertz CT molecular complexity index is 1270. The molecule has 0 saturated carbocycles. The summed E-state index contributed by atoms with van der Waals surface area (Å²) in [6, 6.07) is 21.2. The van der Waals surface area contributed by atoms with Gasteiger partial charge < -0.3 is 10.2 Å². The van der Waals surface area contributed by atoms with Crippen LogP contribution >= 0.6 is 11.3 Å². The quantitative estimate of drug-likeness (QED) is 0.499. The van der Waals surface area contributed by atoms with Crippen LogP contribution in [0.4, 0.5) is 11.5 Å². The van der Waals surface area contributed by atoms with E-state index in [2.05, 4.69) is 10.4 Å². The zero-order valence-electron chi connectivity index (χ0n) is 17.4. The highest BCUT2D eigenvalue weighted by molar-refractivity contribution is 7.12. The zero-order valence-corrected chi connectivity index (χ0v) is 18.2. The summed E-state index contributed by atoms with van der Waals surface area (Å²) in [7, 11) is 0. The molecule has 1 atom stereocenters. The van der Waals surface area contributed by atoms with Crippen LogP contribution in [0.15, 0.2) is 72.1 Å². The number of nitrogens with one attached hydrogen (secondary N) is 1. The maximum Gasteiger partial charge on any atom is 0.230 e. The number of aromatic nitrogens is 3. The molecular formula is C24H21N5O2S. The molecule has 1 aliphatic rings. The fourth-order valence-electron chi connectivity index (χ4n) is 3.81. The fraction of sp³-hybridized carbons (Fsp3) is 0.167. The second kappa shape index (κ2) is 8.39. The maximum absolute atomic E-state index is 13.0. The Kier molecular flexibility index (Phi) is 5.28. The van der Waals surface area contributed by atoms with Crippen molar-refractivity contribution in [3.63, 3.8) is 0 Å². The Hall–Kier alpha value is -3.78. The Labute approximate surface area is 189 Å². The van der Waals surface area contributed by atoms with E-state index in [1.165, 1.54) is 11.3 Å². The van der Waals surface area contributed by atoms with Crippen molar-refractivity contribution in [3.05, 3.63) is 77.8 Å². The molecule has 2 aromatic carbocycles. The summed E-state index contributed by atoms with van der Waals surface area (Å²) < 4.78 is 1.65. The molecular weight excluding hydrogens is 422 g/mol. The van der Waals surface area contributed by atoms with E-state index < -0.39 is 5.92 Å². The van der Waals surface area contributed by atoms with E-state index in [0.29, 0.717) is 17.5 Å². The number of anilines is 2. The fourth-order valence-corrected chi connectivity index (χ4v) is 4.60. The van der Waals surface area contributed by atoms with Gasteiger partial charge in [-0.3, -0.25) is 9.59 Å². The summed E-state index contributed by atoms with van der Waals surface area (Å²) in [4.78, 5) is 31.9. The van der Waals surface area contributed by atoms with Crippen molar-refractivity contribution in [3.8, 4) is 16.4 Å². The van der Waals surface area contributed by atoms with E-state index >= 15 is 0 Å². The van der Waals surface area contributed by atoms with Gasteiger partial charge in [-0.15, -0.1) is 11.3 Å². The van der Waals surface area contributed by atoms with E-state index in [1.54, 1.807) is 9.58 Å². The number of thiazole rings is 1. The van der Waals surface area contributed by atoms with Gasteiger partial charge in [0.1, 0.15) is 5.82 Å². The van der Waals surface area contributed by atoms with Gasteiger partial charge in [0, 0.05) is 35.7 Å². The number of amides is 2. The molecule has 32 heavy (non-hydrogen) atoms. The van der Waals surface area contributed by atoms with E-state index in [9.17, 15) is 9.59 Å². The van der Waals surface area contributed by atoms with E-state index in [-0.39, 0.29) is 18.2 Å². The predicted molar refractivity (Wildman–Crippen MR) is 125 cm³/mol. The number of rotatable bonds is 5. The molecule has 7 nitrogen and oxygen atoms in total. The number of hydrogen-bond donors (Lipinski definition) is 1. The lowest BCUT2D eigenvalue weighted by atomic mass is 10.1. The summed E-state index contributed by atoms with van der Waals surface area (Å²) in [5.41, 5.74) is 3.46. The highest BCUT2D eigenvalue weighted by Crippen LogP contribution is 2.28. The average Bonchev–Trinajstić information content (AvgIpc) is 3.53. The van der Waals surface area contributed by atoms with Gasteiger partial charge in [-0.2, -0.15) is 9.78 Å². The average molecular weight is 444 g/mol. The van der Waals surface area contributed by atoms with Crippen LogP contribution in [-0.2, 0) is 9.59 Å². The van der Waals surface area contributed by atoms with Crippen LogP contribution in [0, 0.1) is 12.8 Å². The Morgan fingerprint density at radius 1 is 1.09 bits per heavy atom. The molecule has 1 N–H and O–H groups in total. The zero-order chi connectivity index (χ0) is 22.1. The summed E-state index contributed by atoms with van der Waals surface area (Å²) >= 11 is 1.46. The van der Waals surface area contributed by atoms with Gasteiger partial charge in [0.25, 0.3) is 0 Å². The minimum atomic E-state index is -0.428. The van der Waals surface area contributed by atoms with Crippen molar-refractivity contribution >= 4 is 34.7 Å². The van der Waals surface area contributed by atoms with E-state index in [4.69, 9.17) is 4.98 Å². The summed E-state index contributed by atoms with van der Waals surface area (Å²) in [6.07, 6.45) is 0.184. The smallest absolute Gasteiger partial charge is 0.230 e. The molecule has 5 rings (SSSR count). The number of para-hydroxylation sites is 1. The molecule has 2 aromatic heterocycles. The molecule has 8 heteroatoms. The highest BCUT2D eigenvalue weighted by Gasteiger charge is 2.35. The molecule has 0 bridgehead atoms. The molecule has 4 aromatic rings. The Morgan fingerprint density at radius 2 is 1.81 bits per heavy atom. The minimum Gasteiger partial charge on any atom is -0.312 e. The number of carbonyl (C=O) groups excluding carboxylic acids is 2. The summed E-state index contributed by atoms with van der Waals surface area (Å²) in [6.45, 7) is 2.23. The van der Waals surface area contributed by atoms with Crippen LogP contribution in [0.2, 0.25) is 0 Å². The van der Waals surface area contributed by atoms with Crippen LogP contribution in [0.5, 0.6) is 0 Å². The molecule has 160 valence electrons.